The third kappa shape index (κ3) is 8.19. The molecular formula is C42H46N2O5S2. The van der Waals surface area contributed by atoms with Gasteiger partial charge in [0.15, 0.2) is 0 Å². The van der Waals surface area contributed by atoms with Crippen molar-refractivity contribution >= 4 is 20.0 Å². The molecule has 0 unspecified atom stereocenters. The van der Waals surface area contributed by atoms with E-state index in [1.807, 2.05) is 68.4 Å². The van der Waals surface area contributed by atoms with Crippen LogP contribution < -0.4 is 4.72 Å². The summed E-state index contributed by atoms with van der Waals surface area (Å²) in [4.78, 5) is 0.352. The van der Waals surface area contributed by atoms with Gasteiger partial charge in [-0.25, -0.2) is 21.6 Å². The Morgan fingerprint density at radius 3 is 1.57 bits per heavy atom. The molecule has 1 fully saturated rings. The zero-order valence-electron chi connectivity index (χ0n) is 29.2. The smallest absolute Gasteiger partial charge is 0.243 e. The Morgan fingerprint density at radius 1 is 0.627 bits per heavy atom. The third-order valence-electron chi connectivity index (χ3n) is 9.75. The van der Waals surface area contributed by atoms with Crippen LogP contribution in [0.2, 0.25) is 0 Å². The van der Waals surface area contributed by atoms with Crippen molar-refractivity contribution in [1.29, 1.82) is 0 Å². The van der Waals surface area contributed by atoms with Gasteiger partial charge >= 0.3 is 0 Å². The summed E-state index contributed by atoms with van der Waals surface area (Å²) in [5.74, 6) is 0. The lowest BCUT2D eigenvalue weighted by molar-refractivity contribution is 0.00879. The van der Waals surface area contributed by atoms with E-state index in [4.69, 9.17) is 4.74 Å². The van der Waals surface area contributed by atoms with Crippen LogP contribution in [0.1, 0.15) is 59.9 Å². The molecule has 0 spiro atoms. The van der Waals surface area contributed by atoms with Gasteiger partial charge in [-0.1, -0.05) is 139 Å². The number of nitrogens with one attached hydrogen (secondary N) is 1. The van der Waals surface area contributed by atoms with Gasteiger partial charge in [-0.3, -0.25) is 0 Å². The van der Waals surface area contributed by atoms with Crippen LogP contribution in [-0.4, -0.2) is 46.4 Å². The van der Waals surface area contributed by atoms with E-state index >= 15 is 0 Å². The lowest BCUT2D eigenvalue weighted by Crippen LogP contribution is -2.55. The normalized spacial score (nSPS) is 17.0. The molecule has 0 amide bonds. The van der Waals surface area contributed by atoms with E-state index in [1.54, 1.807) is 48.5 Å². The highest BCUT2D eigenvalue weighted by Gasteiger charge is 2.41. The molecule has 0 bridgehead atoms. The minimum Gasteiger partial charge on any atom is -0.361 e. The molecule has 1 aliphatic rings. The van der Waals surface area contributed by atoms with Gasteiger partial charge in [-0.05, 0) is 74.1 Å². The molecule has 2 atom stereocenters. The summed E-state index contributed by atoms with van der Waals surface area (Å²) >= 11 is 0. The molecular weight excluding hydrogens is 677 g/mol. The number of hydrogen-bond donors (Lipinski definition) is 1. The first-order chi connectivity index (χ1) is 24.6. The second kappa shape index (κ2) is 16.0. The van der Waals surface area contributed by atoms with Crippen molar-refractivity contribution in [2.24, 2.45) is 0 Å². The molecule has 7 nitrogen and oxygen atoms in total. The SMILES string of the molecule is Cc1ccc(S(=O)(=O)N[C@@H]2CCCC[C@H]2N(CCCOC(c2ccccc2)(c2ccccc2)c2ccccc2)S(=O)(=O)c2ccc(C)cc2)cc1. The fourth-order valence-corrected chi connectivity index (χ4v) is 10.1. The Balaban J connectivity index is 1.32. The van der Waals surface area contributed by atoms with Crippen molar-refractivity contribution in [2.75, 3.05) is 13.2 Å². The monoisotopic (exact) mass is 722 g/mol. The fraction of sp³-hybridized carbons (Fsp3) is 0.286. The van der Waals surface area contributed by atoms with Crippen LogP contribution in [0.15, 0.2) is 149 Å². The van der Waals surface area contributed by atoms with Gasteiger partial charge in [0.25, 0.3) is 0 Å². The fourth-order valence-electron chi connectivity index (χ4n) is 7.10. The Bertz CT molecular complexity index is 1980. The van der Waals surface area contributed by atoms with Crippen LogP contribution in [0, 0.1) is 13.8 Å². The summed E-state index contributed by atoms with van der Waals surface area (Å²) in [7, 11) is -7.90. The summed E-state index contributed by atoms with van der Waals surface area (Å²) < 4.78 is 67.7. The van der Waals surface area contributed by atoms with Crippen LogP contribution >= 0.6 is 0 Å². The van der Waals surface area contributed by atoms with E-state index in [0.29, 0.717) is 19.3 Å². The number of ether oxygens (including phenoxy) is 1. The lowest BCUT2D eigenvalue weighted by Gasteiger charge is -2.40. The number of rotatable bonds is 14. The Kier molecular flexibility index (Phi) is 11.5. The van der Waals surface area contributed by atoms with Crippen molar-refractivity contribution in [3.63, 3.8) is 0 Å². The van der Waals surface area contributed by atoms with Crippen LogP contribution in [0.3, 0.4) is 0 Å². The molecule has 1 saturated carbocycles. The highest BCUT2D eigenvalue weighted by atomic mass is 32.2. The molecule has 1 aliphatic carbocycles. The van der Waals surface area contributed by atoms with Gasteiger partial charge in [-0.2, -0.15) is 4.31 Å². The molecule has 0 saturated heterocycles. The van der Waals surface area contributed by atoms with Gasteiger partial charge < -0.3 is 4.74 Å². The molecule has 5 aromatic carbocycles. The van der Waals surface area contributed by atoms with Gasteiger partial charge in [0.05, 0.1) is 9.79 Å². The van der Waals surface area contributed by atoms with Gasteiger partial charge in [0, 0.05) is 25.2 Å². The van der Waals surface area contributed by atoms with Gasteiger partial charge in [-0.15, -0.1) is 0 Å². The summed E-state index contributed by atoms with van der Waals surface area (Å²) in [5, 5.41) is 0. The average Bonchev–Trinajstić information content (AvgIpc) is 3.15. The van der Waals surface area contributed by atoms with Crippen molar-refractivity contribution in [3.05, 3.63) is 167 Å². The first-order valence-electron chi connectivity index (χ1n) is 17.6. The summed E-state index contributed by atoms with van der Waals surface area (Å²) in [6.07, 6.45) is 3.05. The summed E-state index contributed by atoms with van der Waals surface area (Å²) in [6.45, 7) is 4.21. The second-order valence-electron chi connectivity index (χ2n) is 13.3. The third-order valence-corrected chi connectivity index (χ3v) is 13.2. The molecule has 0 aromatic heterocycles. The van der Waals surface area contributed by atoms with E-state index in [2.05, 4.69) is 41.1 Å². The largest absolute Gasteiger partial charge is 0.361 e. The molecule has 266 valence electrons. The van der Waals surface area contributed by atoms with Crippen LogP contribution in [0.25, 0.3) is 0 Å². The number of benzene rings is 5. The van der Waals surface area contributed by atoms with Crippen molar-refractivity contribution < 1.29 is 21.6 Å². The topological polar surface area (TPSA) is 92.8 Å². The van der Waals surface area contributed by atoms with Gasteiger partial charge in [0.2, 0.25) is 20.0 Å². The minimum atomic E-state index is -4.01. The standard InChI is InChI=1S/C42H46N2O5S2/c1-33-23-27-38(28-24-33)50(45,46)43-40-21-12-13-22-41(40)44(51(47,48)39-29-25-34(2)26-30-39)31-14-32-49-42(35-15-6-3-7-16-35,36-17-8-4-9-18-36)37-19-10-5-11-20-37/h3-11,15-20,23-30,40-41,43H,12-14,21-22,31-32H2,1-2H3/t40-,41-/m1/s1. The average molecular weight is 723 g/mol. The molecule has 1 N–H and O–H groups in total. The molecule has 6 rings (SSSR count). The molecule has 0 aliphatic heterocycles. The number of sulfonamides is 2. The summed E-state index contributed by atoms with van der Waals surface area (Å²) in [5.41, 5.74) is 3.85. The van der Waals surface area contributed by atoms with E-state index in [0.717, 1.165) is 40.7 Å². The highest BCUT2D eigenvalue weighted by molar-refractivity contribution is 7.89. The van der Waals surface area contributed by atoms with E-state index in [1.165, 1.54) is 4.31 Å². The van der Waals surface area contributed by atoms with Crippen LogP contribution in [0.4, 0.5) is 0 Å². The Hall–Kier alpha value is -4.12. The summed E-state index contributed by atoms with van der Waals surface area (Å²) in [6, 6.07) is 42.6. The predicted molar refractivity (Wildman–Crippen MR) is 202 cm³/mol. The van der Waals surface area contributed by atoms with Crippen LogP contribution in [0.5, 0.6) is 0 Å². The van der Waals surface area contributed by atoms with Gasteiger partial charge in [0.1, 0.15) is 5.60 Å². The first-order valence-corrected chi connectivity index (χ1v) is 20.5. The van der Waals surface area contributed by atoms with Crippen molar-refractivity contribution in [2.45, 2.75) is 73.4 Å². The number of nitrogens with zero attached hydrogens (tertiary/aromatic N) is 1. The van der Waals surface area contributed by atoms with E-state index in [9.17, 15) is 16.8 Å². The number of aryl methyl sites for hydroxylation is 2. The van der Waals surface area contributed by atoms with E-state index in [-0.39, 0.29) is 22.9 Å². The quantitative estimate of drug-likeness (QED) is 0.0927. The molecule has 0 radical (unpaired) electrons. The van der Waals surface area contributed by atoms with Crippen LogP contribution in [-0.2, 0) is 30.4 Å². The lowest BCUT2D eigenvalue weighted by atomic mass is 9.80. The van der Waals surface area contributed by atoms with Crippen molar-refractivity contribution in [1.82, 2.24) is 9.03 Å². The maximum absolute atomic E-state index is 14.5. The number of hydrogen-bond acceptors (Lipinski definition) is 5. The Labute approximate surface area is 303 Å². The predicted octanol–water partition coefficient (Wildman–Crippen LogP) is 7.98. The molecule has 9 heteroatoms. The van der Waals surface area contributed by atoms with E-state index < -0.39 is 37.7 Å². The Morgan fingerprint density at radius 2 is 1.08 bits per heavy atom. The molecule has 51 heavy (non-hydrogen) atoms. The molecule has 0 heterocycles. The minimum absolute atomic E-state index is 0.151. The maximum Gasteiger partial charge on any atom is 0.243 e. The first kappa shape index (κ1) is 36.7. The zero-order chi connectivity index (χ0) is 35.9. The van der Waals surface area contributed by atoms with Crippen molar-refractivity contribution in [3.8, 4) is 0 Å². The maximum atomic E-state index is 14.5. The molecule has 5 aromatic rings. The zero-order valence-corrected chi connectivity index (χ0v) is 30.8. The second-order valence-corrected chi connectivity index (χ2v) is 16.9. The highest BCUT2D eigenvalue weighted by Crippen LogP contribution is 2.40.